The Hall–Kier alpha value is -2.54. The van der Waals surface area contributed by atoms with E-state index in [0.717, 1.165) is 24.3 Å². The Morgan fingerprint density at radius 2 is 2.00 bits per heavy atom. The van der Waals surface area contributed by atoms with Gasteiger partial charge in [0.1, 0.15) is 23.7 Å². The number of nitrogens with one attached hydrogen (secondary N) is 3. The number of fused-ring (bicyclic) bond motifs is 1. The third kappa shape index (κ3) is 3.21. The molecule has 3 N–H and O–H groups in total. The van der Waals surface area contributed by atoms with Gasteiger partial charge in [0.15, 0.2) is 6.67 Å². The molecule has 0 amide bonds. The molecule has 0 radical (unpaired) electrons. The third-order valence-electron chi connectivity index (χ3n) is 4.33. The van der Waals surface area contributed by atoms with Gasteiger partial charge in [-0.1, -0.05) is 19.1 Å². The maximum Gasteiger partial charge on any atom is 0.330 e. The smallest absolute Gasteiger partial charge is 0.330 e. The third-order valence-corrected chi connectivity index (χ3v) is 4.33. The van der Waals surface area contributed by atoms with Crippen LogP contribution in [-0.2, 0) is 13.1 Å². The summed E-state index contributed by atoms with van der Waals surface area (Å²) in [4.78, 5) is 28.2. The molecule has 0 saturated carbocycles. The van der Waals surface area contributed by atoms with Gasteiger partial charge in [0.05, 0.1) is 20.2 Å². The lowest BCUT2D eigenvalue weighted by Crippen LogP contribution is -3.12. The lowest BCUT2D eigenvalue weighted by atomic mass is 10.2. The largest absolute Gasteiger partial charge is 0.497 e. The van der Waals surface area contributed by atoms with Crippen molar-refractivity contribution < 1.29 is 9.64 Å². The van der Waals surface area contributed by atoms with Crippen LogP contribution in [0.1, 0.15) is 24.5 Å². The van der Waals surface area contributed by atoms with E-state index in [-0.39, 0.29) is 11.2 Å². The molecule has 0 bridgehead atoms. The van der Waals surface area contributed by atoms with Crippen LogP contribution in [0, 0.1) is 0 Å². The van der Waals surface area contributed by atoms with E-state index in [9.17, 15) is 9.59 Å². The topological polar surface area (TPSA) is 80.6 Å². The Bertz CT molecular complexity index is 823. The van der Waals surface area contributed by atoms with Gasteiger partial charge < -0.3 is 15.0 Å². The zero-order valence-corrected chi connectivity index (χ0v) is 14.0. The Kier molecular flexibility index (Phi) is 4.71. The van der Waals surface area contributed by atoms with Crippen LogP contribution in [0.15, 0.2) is 33.9 Å². The molecule has 0 saturated heterocycles. The quantitative estimate of drug-likeness (QED) is 0.707. The zero-order chi connectivity index (χ0) is 17.1. The SMILES string of the molecule is CCC[NH+]1CNc2c(c(=O)[nH]c(=O)n2Cc2ccc(OC)cc2)C1. The van der Waals surface area contributed by atoms with Crippen molar-refractivity contribution in [2.45, 2.75) is 26.4 Å². The molecule has 3 rings (SSSR count). The van der Waals surface area contributed by atoms with Gasteiger partial charge in [-0.25, -0.2) is 4.79 Å². The molecule has 1 aromatic carbocycles. The Morgan fingerprint density at radius 3 is 2.67 bits per heavy atom. The molecule has 2 aromatic rings. The van der Waals surface area contributed by atoms with E-state index in [1.807, 2.05) is 24.3 Å². The van der Waals surface area contributed by atoms with E-state index >= 15 is 0 Å². The number of aromatic amines is 1. The van der Waals surface area contributed by atoms with Crippen LogP contribution < -0.4 is 26.2 Å². The predicted molar refractivity (Wildman–Crippen MR) is 91.7 cm³/mol. The molecule has 2 heterocycles. The van der Waals surface area contributed by atoms with Crippen molar-refractivity contribution in [2.24, 2.45) is 0 Å². The van der Waals surface area contributed by atoms with E-state index in [1.54, 1.807) is 11.7 Å². The molecule has 24 heavy (non-hydrogen) atoms. The van der Waals surface area contributed by atoms with Crippen LogP contribution in [0.2, 0.25) is 0 Å². The van der Waals surface area contributed by atoms with Crippen LogP contribution in [0.25, 0.3) is 0 Å². The summed E-state index contributed by atoms with van der Waals surface area (Å²) in [6.07, 6.45) is 1.05. The highest BCUT2D eigenvalue weighted by atomic mass is 16.5. The van der Waals surface area contributed by atoms with Crippen molar-refractivity contribution in [3.63, 3.8) is 0 Å². The van der Waals surface area contributed by atoms with Gasteiger partial charge in [-0.3, -0.25) is 14.3 Å². The number of benzene rings is 1. The number of hydrogen-bond acceptors (Lipinski definition) is 4. The van der Waals surface area contributed by atoms with Gasteiger partial charge in [-0.2, -0.15) is 0 Å². The molecule has 1 aromatic heterocycles. The molecule has 0 spiro atoms. The van der Waals surface area contributed by atoms with Crippen LogP contribution in [0.3, 0.4) is 0 Å². The Labute approximate surface area is 139 Å². The fourth-order valence-electron chi connectivity index (χ4n) is 3.09. The van der Waals surface area contributed by atoms with Crippen molar-refractivity contribution in [3.8, 4) is 5.75 Å². The van der Waals surface area contributed by atoms with Gasteiger partial charge >= 0.3 is 5.69 Å². The molecule has 1 atom stereocenters. The Balaban J connectivity index is 1.95. The van der Waals surface area contributed by atoms with Gasteiger partial charge in [0, 0.05) is 0 Å². The number of rotatable bonds is 5. The number of H-pyrrole nitrogens is 1. The maximum absolute atomic E-state index is 12.3. The highest BCUT2D eigenvalue weighted by Crippen LogP contribution is 2.15. The van der Waals surface area contributed by atoms with Crippen molar-refractivity contribution in [3.05, 3.63) is 56.2 Å². The molecular formula is C17H23N4O3+. The number of hydrogen-bond donors (Lipinski definition) is 3. The second-order valence-electron chi connectivity index (χ2n) is 6.05. The fraction of sp³-hybridized carbons (Fsp3) is 0.412. The van der Waals surface area contributed by atoms with Crippen molar-refractivity contribution in [1.82, 2.24) is 9.55 Å². The second-order valence-corrected chi connectivity index (χ2v) is 6.05. The summed E-state index contributed by atoms with van der Waals surface area (Å²) in [5, 5.41) is 3.27. The number of nitrogens with zero attached hydrogens (tertiary/aromatic N) is 1. The standard InChI is InChI=1S/C17H22N4O3/c1-3-8-20-10-14-15(18-11-20)21(17(23)19-16(14)22)9-12-4-6-13(24-2)7-5-12/h4-7,18H,3,8-11H2,1-2H3,(H,19,22,23)/p+1. The molecule has 128 valence electrons. The van der Waals surface area contributed by atoms with Crippen molar-refractivity contribution in [2.75, 3.05) is 25.6 Å². The first-order valence-corrected chi connectivity index (χ1v) is 8.18. The lowest BCUT2D eigenvalue weighted by Gasteiger charge is -2.27. The number of methoxy groups -OCH3 is 1. The molecule has 0 aliphatic carbocycles. The monoisotopic (exact) mass is 331 g/mol. The van der Waals surface area contributed by atoms with E-state index in [2.05, 4.69) is 17.2 Å². The average molecular weight is 331 g/mol. The first-order valence-electron chi connectivity index (χ1n) is 8.18. The van der Waals surface area contributed by atoms with Crippen molar-refractivity contribution in [1.29, 1.82) is 0 Å². The predicted octanol–water partition coefficient (Wildman–Crippen LogP) is -0.229. The van der Waals surface area contributed by atoms with E-state index < -0.39 is 0 Å². The van der Waals surface area contributed by atoms with E-state index in [1.165, 1.54) is 4.90 Å². The minimum Gasteiger partial charge on any atom is -0.497 e. The highest BCUT2D eigenvalue weighted by Gasteiger charge is 2.24. The first kappa shape index (κ1) is 16.3. The van der Waals surface area contributed by atoms with Gasteiger partial charge in [0.25, 0.3) is 5.56 Å². The second kappa shape index (κ2) is 6.92. The summed E-state index contributed by atoms with van der Waals surface area (Å²) in [5.41, 5.74) is 0.942. The summed E-state index contributed by atoms with van der Waals surface area (Å²) in [7, 11) is 1.62. The Morgan fingerprint density at radius 1 is 1.25 bits per heavy atom. The minimum atomic E-state index is -0.388. The lowest BCUT2D eigenvalue weighted by molar-refractivity contribution is -0.912. The molecule has 1 aliphatic heterocycles. The average Bonchev–Trinajstić information content (AvgIpc) is 2.59. The summed E-state index contributed by atoms with van der Waals surface area (Å²) in [6.45, 7) is 4.86. The molecule has 1 unspecified atom stereocenters. The van der Waals surface area contributed by atoms with Gasteiger partial charge in [-0.15, -0.1) is 0 Å². The minimum absolute atomic E-state index is 0.290. The molecular weight excluding hydrogens is 308 g/mol. The first-order chi connectivity index (χ1) is 11.6. The highest BCUT2D eigenvalue weighted by molar-refractivity contribution is 5.44. The summed E-state index contributed by atoms with van der Waals surface area (Å²) in [6, 6.07) is 7.55. The van der Waals surface area contributed by atoms with Crippen LogP contribution in [-0.4, -0.2) is 29.9 Å². The molecule has 1 aliphatic rings. The zero-order valence-electron chi connectivity index (χ0n) is 14.0. The van der Waals surface area contributed by atoms with E-state index in [0.29, 0.717) is 31.1 Å². The maximum atomic E-state index is 12.3. The summed E-state index contributed by atoms with van der Waals surface area (Å²) >= 11 is 0. The number of aromatic nitrogens is 2. The van der Waals surface area contributed by atoms with Gasteiger partial charge in [-0.05, 0) is 24.1 Å². The summed E-state index contributed by atoms with van der Waals surface area (Å²) < 4.78 is 6.75. The number of quaternary nitrogens is 1. The molecule has 7 nitrogen and oxygen atoms in total. The van der Waals surface area contributed by atoms with Gasteiger partial charge in [0.2, 0.25) is 0 Å². The number of anilines is 1. The number of ether oxygens (including phenoxy) is 1. The summed E-state index contributed by atoms with van der Waals surface area (Å²) in [5.74, 6) is 1.41. The molecule has 0 fully saturated rings. The van der Waals surface area contributed by atoms with Crippen LogP contribution in [0.4, 0.5) is 5.82 Å². The van der Waals surface area contributed by atoms with Crippen molar-refractivity contribution >= 4 is 5.82 Å². The van der Waals surface area contributed by atoms with Crippen LogP contribution in [0.5, 0.6) is 5.75 Å². The fourth-order valence-corrected chi connectivity index (χ4v) is 3.09. The van der Waals surface area contributed by atoms with E-state index in [4.69, 9.17) is 4.74 Å². The molecule has 7 heteroatoms. The normalized spacial score (nSPS) is 16.3. The van der Waals surface area contributed by atoms with Crippen LogP contribution >= 0.6 is 0 Å².